The average molecular weight is 386 g/mol. The van der Waals surface area contributed by atoms with Gasteiger partial charge >= 0.3 is 0 Å². The van der Waals surface area contributed by atoms with Gasteiger partial charge in [-0.15, -0.1) is 0 Å². The first-order chi connectivity index (χ1) is 13.4. The van der Waals surface area contributed by atoms with Crippen LogP contribution in [0.25, 0.3) is 0 Å². The Morgan fingerprint density at radius 1 is 1.25 bits per heavy atom. The molecule has 2 amide bonds. The molecule has 2 aromatic rings. The number of nitrogens with zero attached hydrogens (tertiary/aromatic N) is 2. The third-order valence-corrected chi connectivity index (χ3v) is 5.72. The highest BCUT2D eigenvalue weighted by molar-refractivity contribution is 5.98. The van der Waals surface area contributed by atoms with E-state index in [4.69, 9.17) is 4.74 Å². The predicted octanol–water partition coefficient (Wildman–Crippen LogP) is 1.67. The number of fused-ring (bicyclic) bond motifs is 1. The number of rotatable bonds is 5. The second-order valence-corrected chi connectivity index (χ2v) is 7.49. The first-order valence-electron chi connectivity index (χ1n) is 9.37. The molecule has 2 fully saturated rings. The molecule has 0 bridgehead atoms. The van der Waals surface area contributed by atoms with Gasteiger partial charge in [0.25, 0.3) is 11.8 Å². The molecule has 2 N–H and O–H groups in total. The van der Waals surface area contributed by atoms with Crippen LogP contribution in [0.3, 0.4) is 0 Å². The van der Waals surface area contributed by atoms with Gasteiger partial charge in [-0.3, -0.25) is 14.3 Å². The summed E-state index contributed by atoms with van der Waals surface area (Å²) in [7, 11) is 1.51. The number of amides is 2. The summed E-state index contributed by atoms with van der Waals surface area (Å²) in [5.74, 6) is -0.266. The lowest BCUT2D eigenvalue weighted by molar-refractivity contribution is 0.0915. The minimum absolute atomic E-state index is 0.0974. The van der Waals surface area contributed by atoms with E-state index >= 15 is 0 Å². The molecule has 1 saturated heterocycles. The number of carbonyl (C=O) groups excluding carboxylic acids is 2. The Labute approximate surface area is 162 Å². The summed E-state index contributed by atoms with van der Waals surface area (Å²) in [5, 5.41) is 9.87. The third-order valence-electron chi connectivity index (χ3n) is 5.72. The third kappa shape index (κ3) is 3.17. The SMILES string of the molecule is CNC(=O)c1cc(C(=O)NC2C3COCC32)n(C(C)c2ccc(C)c(F)c2)n1. The fourth-order valence-corrected chi connectivity index (χ4v) is 3.79. The molecule has 148 valence electrons. The standard InChI is InChI=1S/C20H23FN4O3/c1-10-4-5-12(6-15(10)21)11(2)25-17(7-16(24-25)19(26)22-3)20(27)23-18-13-8-28-9-14(13)18/h4-7,11,13-14,18H,8-9H2,1-3H3,(H,22,26)(H,23,27). The van der Waals surface area contributed by atoms with E-state index in [2.05, 4.69) is 15.7 Å². The van der Waals surface area contributed by atoms with E-state index in [0.29, 0.717) is 36.2 Å². The van der Waals surface area contributed by atoms with Crippen LogP contribution in [0.2, 0.25) is 0 Å². The molecule has 0 spiro atoms. The van der Waals surface area contributed by atoms with E-state index in [0.717, 1.165) is 0 Å². The second-order valence-electron chi connectivity index (χ2n) is 7.49. The van der Waals surface area contributed by atoms with Crippen LogP contribution in [-0.2, 0) is 4.74 Å². The molecule has 1 saturated carbocycles. The van der Waals surface area contributed by atoms with Crippen LogP contribution in [0.1, 0.15) is 45.1 Å². The lowest BCUT2D eigenvalue weighted by Crippen LogP contribution is -2.32. The fraction of sp³-hybridized carbons (Fsp3) is 0.450. The van der Waals surface area contributed by atoms with Crippen LogP contribution < -0.4 is 10.6 Å². The van der Waals surface area contributed by atoms with Gasteiger partial charge < -0.3 is 15.4 Å². The Morgan fingerprint density at radius 3 is 2.61 bits per heavy atom. The molecule has 1 aliphatic carbocycles. The first-order valence-corrected chi connectivity index (χ1v) is 9.37. The first kappa shape index (κ1) is 18.6. The number of nitrogens with one attached hydrogen (secondary N) is 2. The van der Waals surface area contributed by atoms with Crippen molar-refractivity contribution >= 4 is 11.8 Å². The van der Waals surface area contributed by atoms with E-state index in [1.165, 1.54) is 23.9 Å². The van der Waals surface area contributed by atoms with Crippen molar-refractivity contribution in [2.45, 2.75) is 25.9 Å². The summed E-state index contributed by atoms with van der Waals surface area (Å²) in [6, 6.07) is 6.08. The molecule has 4 rings (SSSR count). The molecule has 1 aliphatic heterocycles. The zero-order valence-electron chi connectivity index (χ0n) is 16.0. The summed E-state index contributed by atoms with van der Waals surface area (Å²) in [5.41, 5.74) is 1.63. The number of hydrogen-bond donors (Lipinski definition) is 2. The predicted molar refractivity (Wildman–Crippen MR) is 99.6 cm³/mol. The van der Waals surface area contributed by atoms with Crippen molar-refractivity contribution in [3.8, 4) is 0 Å². The van der Waals surface area contributed by atoms with Crippen molar-refractivity contribution in [3.05, 3.63) is 52.6 Å². The molecule has 0 radical (unpaired) electrons. The van der Waals surface area contributed by atoms with Gasteiger partial charge in [-0.2, -0.15) is 5.10 Å². The van der Waals surface area contributed by atoms with E-state index in [9.17, 15) is 14.0 Å². The second kappa shape index (κ2) is 7.01. The molecule has 1 aromatic carbocycles. The van der Waals surface area contributed by atoms with Crippen molar-refractivity contribution < 1.29 is 18.7 Å². The molecule has 2 heterocycles. The highest BCUT2D eigenvalue weighted by Crippen LogP contribution is 2.44. The van der Waals surface area contributed by atoms with E-state index in [-0.39, 0.29) is 35.1 Å². The highest BCUT2D eigenvalue weighted by atomic mass is 19.1. The Balaban J connectivity index is 1.64. The number of benzene rings is 1. The summed E-state index contributed by atoms with van der Waals surface area (Å²) >= 11 is 0. The topological polar surface area (TPSA) is 85.3 Å². The minimum atomic E-state index is -0.420. The van der Waals surface area contributed by atoms with Crippen molar-refractivity contribution in [3.63, 3.8) is 0 Å². The Kier molecular flexibility index (Phi) is 4.66. The molecule has 28 heavy (non-hydrogen) atoms. The van der Waals surface area contributed by atoms with Gasteiger partial charge in [-0.1, -0.05) is 12.1 Å². The number of ether oxygens (including phenoxy) is 1. The minimum Gasteiger partial charge on any atom is -0.381 e. The molecular formula is C20H23FN4O3. The molecule has 3 unspecified atom stereocenters. The largest absolute Gasteiger partial charge is 0.381 e. The van der Waals surface area contributed by atoms with Crippen molar-refractivity contribution in [1.82, 2.24) is 20.4 Å². The summed E-state index contributed by atoms with van der Waals surface area (Å²) < 4.78 is 20.9. The van der Waals surface area contributed by atoms with E-state index in [1.807, 2.05) is 6.92 Å². The monoisotopic (exact) mass is 386 g/mol. The van der Waals surface area contributed by atoms with Gasteiger partial charge in [0.15, 0.2) is 5.69 Å². The normalized spacial score (nSPS) is 23.8. The maximum Gasteiger partial charge on any atom is 0.271 e. The van der Waals surface area contributed by atoms with E-state index < -0.39 is 6.04 Å². The zero-order valence-corrected chi connectivity index (χ0v) is 16.0. The number of aryl methyl sites for hydroxylation is 1. The average Bonchev–Trinajstić information content (AvgIpc) is 3.10. The van der Waals surface area contributed by atoms with Crippen LogP contribution in [0.5, 0.6) is 0 Å². The number of carbonyl (C=O) groups is 2. The van der Waals surface area contributed by atoms with Crippen LogP contribution in [0.15, 0.2) is 24.3 Å². The van der Waals surface area contributed by atoms with Gasteiger partial charge in [-0.25, -0.2) is 4.39 Å². The molecule has 8 heteroatoms. The van der Waals surface area contributed by atoms with E-state index in [1.54, 1.807) is 19.1 Å². The van der Waals surface area contributed by atoms with Gasteiger partial charge in [0.2, 0.25) is 0 Å². The smallest absolute Gasteiger partial charge is 0.271 e. The lowest BCUT2D eigenvalue weighted by atomic mass is 10.1. The molecular weight excluding hydrogens is 363 g/mol. The van der Waals surface area contributed by atoms with Crippen LogP contribution in [0.4, 0.5) is 4.39 Å². The number of aromatic nitrogens is 2. The number of halogens is 1. The van der Waals surface area contributed by atoms with Gasteiger partial charge in [0.1, 0.15) is 11.5 Å². The Bertz CT molecular complexity index is 932. The molecule has 2 aliphatic rings. The Hall–Kier alpha value is -2.74. The van der Waals surface area contributed by atoms with Crippen LogP contribution in [0, 0.1) is 24.6 Å². The summed E-state index contributed by atoms with van der Waals surface area (Å²) in [6.45, 7) is 4.84. The maximum atomic E-state index is 14.0. The molecule has 7 nitrogen and oxygen atoms in total. The summed E-state index contributed by atoms with van der Waals surface area (Å²) in [6.07, 6.45) is 0. The van der Waals surface area contributed by atoms with Crippen LogP contribution in [-0.4, -0.2) is 47.9 Å². The Morgan fingerprint density at radius 2 is 1.96 bits per heavy atom. The van der Waals surface area contributed by atoms with Gasteiger partial charge in [0, 0.05) is 31.0 Å². The van der Waals surface area contributed by atoms with Gasteiger partial charge in [-0.05, 0) is 31.0 Å². The molecule has 3 atom stereocenters. The molecule has 1 aromatic heterocycles. The lowest BCUT2D eigenvalue weighted by Gasteiger charge is -2.17. The zero-order chi connectivity index (χ0) is 20.0. The summed E-state index contributed by atoms with van der Waals surface area (Å²) in [4.78, 5) is 25.0. The van der Waals surface area contributed by atoms with Crippen molar-refractivity contribution in [2.75, 3.05) is 20.3 Å². The fourth-order valence-electron chi connectivity index (χ4n) is 3.79. The van der Waals surface area contributed by atoms with Crippen molar-refractivity contribution in [1.29, 1.82) is 0 Å². The van der Waals surface area contributed by atoms with Gasteiger partial charge in [0.05, 0.1) is 19.3 Å². The van der Waals surface area contributed by atoms with Crippen LogP contribution >= 0.6 is 0 Å². The quantitative estimate of drug-likeness (QED) is 0.819. The van der Waals surface area contributed by atoms with Crippen molar-refractivity contribution in [2.24, 2.45) is 11.8 Å². The maximum absolute atomic E-state index is 14.0. The number of hydrogen-bond acceptors (Lipinski definition) is 4. The highest BCUT2D eigenvalue weighted by Gasteiger charge is 2.55.